The summed E-state index contributed by atoms with van der Waals surface area (Å²) in [7, 11) is 1.46. The van der Waals surface area contributed by atoms with Gasteiger partial charge >= 0.3 is 6.18 Å². The van der Waals surface area contributed by atoms with Crippen molar-refractivity contribution >= 4 is 11.6 Å². The van der Waals surface area contributed by atoms with Gasteiger partial charge in [-0.15, -0.1) is 0 Å². The number of aliphatic hydroxyl groups excluding tert-OH is 1. The van der Waals surface area contributed by atoms with E-state index in [1.807, 2.05) is 0 Å². The number of nitrogens with two attached hydrogens (primary N) is 1. The molecule has 1 rings (SSSR count). The van der Waals surface area contributed by atoms with E-state index < -0.39 is 24.3 Å². The third kappa shape index (κ3) is 3.36. The molecule has 1 amide bonds. The first-order chi connectivity index (χ1) is 8.25. The van der Waals surface area contributed by atoms with E-state index in [0.717, 1.165) is 6.07 Å². The standard InChI is InChI=1S/C11H13F3N2O2/c1-16(5-10(15)18)8-3-2-7(6-17)9(4-8)11(12,13)14/h2-4,17H,5-6H2,1H3,(H2,15,18). The molecule has 0 aromatic heterocycles. The van der Waals surface area contributed by atoms with E-state index in [4.69, 9.17) is 10.8 Å². The Labute approximate surface area is 102 Å². The minimum absolute atomic E-state index is 0.185. The number of rotatable bonds is 4. The fourth-order valence-electron chi connectivity index (χ4n) is 1.53. The van der Waals surface area contributed by atoms with Crippen LogP contribution in [0.4, 0.5) is 18.9 Å². The quantitative estimate of drug-likeness (QED) is 0.854. The Morgan fingerprint density at radius 1 is 1.44 bits per heavy atom. The van der Waals surface area contributed by atoms with Gasteiger partial charge < -0.3 is 15.7 Å². The molecule has 0 bridgehead atoms. The number of halogens is 3. The second-order valence-corrected chi connectivity index (χ2v) is 3.82. The lowest BCUT2D eigenvalue weighted by Crippen LogP contribution is -2.30. The molecule has 0 aliphatic carbocycles. The van der Waals surface area contributed by atoms with Crippen molar-refractivity contribution in [3.63, 3.8) is 0 Å². The minimum Gasteiger partial charge on any atom is -0.392 e. The maximum Gasteiger partial charge on any atom is 0.416 e. The summed E-state index contributed by atoms with van der Waals surface area (Å²) in [6, 6.07) is 3.45. The van der Waals surface area contributed by atoms with Crippen LogP contribution in [0, 0.1) is 0 Å². The lowest BCUT2D eigenvalue weighted by Gasteiger charge is -2.20. The molecular weight excluding hydrogens is 249 g/mol. The second kappa shape index (κ2) is 5.26. The molecule has 0 unspecified atom stereocenters. The van der Waals surface area contributed by atoms with Crippen LogP contribution < -0.4 is 10.6 Å². The van der Waals surface area contributed by atoms with Gasteiger partial charge in [-0.05, 0) is 17.7 Å². The molecule has 3 N–H and O–H groups in total. The van der Waals surface area contributed by atoms with Gasteiger partial charge in [0.1, 0.15) is 0 Å². The van der Waals surface area contributed by atoms with Crippen LogP contribution in [0.25, 0.3) is 0 Å². The number of hydrogen-bond acceptors (Lipinski definition) is 3. The number of amides is 1. The van der Waals surface area contributed by atoms with Crippen LogP contribution >= 0.6 is 0 Å². The largest absolute Gasteiger partial charge is 0.416 e. The average Bonchev–Trinajstić information content (AvgIpc) is 2.26. The zero-order chi connectivity index (χ0) is 13.9. The van der Waals surface area contributed by atoms with E-state index in [9.17, 15) is 18.0 Å². The zero-order valence-corrected chi connectivity index (χ0v) is 9.66. The third-order valence-electron chi connectivity index (χ3n) is 2.40. The van der Waals surface area contributed by atoms with Gasteiger partial charge in [0.15, 0.2) is 0 Å². The van der Waals surface area contributed by atoms with Crippen molar-refractivity contribution in [2.75, 3.05) is 18.5 Å². The van der Waals surface area contributed by atoms with Crippen LogP contribution in [-0.2, 0) is 17.6 Å². The molecule has 0 saturated carbocycles. The van der Waals surface area contributed by atoms with Gasteiger partial charge in [0.05, 0.1) is 18.7 Å². The maximum atomic E-state index is 12.7. The summed E-state index contributed by atoms with van der Waals surface area (Å²) in [6.07, 6.45) is -4.55. The predicted octanol–water partition coefficient (Wildman–Crippen LogP) is 1.12. The van der Waals surface area contributed by atoms with Gasteiger partial charge in [-0.1, -0.05) is 6.07 Å². The Kier molecular flexibility index (Phi) is 4.18. The summed E-state index contributed by atoms with van der Waals surface area (Å²) in [6.45, 7) is -0.884. The van der Waals surface area contributed by atoms with Crippen LogP contribution in [0.3, 0.4) is 0 Å². The summed E-state index contributed by atoms with van der Waals surface area (Å²) < 4.78 is 38.2. The lowest BCUT2D eigenvalue weighted by molar-refractivity contribution is -0.138. The highest BCUT2D eigenvalue weighted by Gasteiger charge is 2.33. The van der Waals surface area contributed by atoms with Crippen LogP contribution in [0.2, 0.25) is 0 Å². The van der Waals surface area contributed by atoms with Crippen molar-refractivity contribution < 1.29 is 23.1 Å². The highest BCUT2D eigenvalue weighted by atomic mass is 19.4. The number of nitrogens with zero attached hydrogens (tertiary/aromatic N) is 1. The van der Waals surface area contributed by atoms with Gasteiger partial charge in [-0.25, -0.2) is 0 Å². The van der Waals surface area contributed by atoms with Crippen LogP contribution in [-0.4, -0.2) is 24.6 Å². The number of carbonyl (C=O) groups is 1. The van der Waals surface area contributed by atoms with Gasteiger partial charge in [-0.3, -0.25) is 4.79 Å². The first kappa shape index (κ1) is 14.3. The van der Waals surface area contributed by atoms with E-state index in [-0.39, 0.29) is 17.8 Å². The Bertz CT molecular complexity index is 446. The molecule has 7 heteroatoms. The number of alkyl halides is 3. The molecule has 1 aromatic rings. The Morgan fingerprint density at radius 3 is 2.50 bits per heavy atom. The summed E-state index contributed by atoms with van der Waals surface area (Å²) in [5, 5.41) is 8.87. The number of primary amides is 1. The Hall–Kier alpha value is -1.76. The van der Waals surface area contributed by atoms with Crippen LogP contribution in [0.5, 0.6) is 0 Å². The minimum atomic E-state index is -4.55. The molecule has 1 aromatic carbocycles. The maximum absolute atomic E-state index is 12.7. The fraction of sp³-hybridized carbons (Fsp3) is 0.364. The first-order valence-electron chi connectivity index (χ1n) is 5.06. The Morgan fingerprint density at radius 2 is 2.06 bits per heavy atom. The monoisotopic (exact) mass is 262 g/mol. The number of benzene rings is 1. The molecule has 100 valence electrons. The zero-order valence-electron chi connectivity index (χ0n) is 9.66. The smallest absolute Gasteiger partial charge is 0.392 e. The molecular formula is C11H13F3N2O2. The lowest BCUT2D eigenvalue weighted by atomic mass is 10.1. The molecule has 0 fully saturated rings. The topological polar surface area (TPSA) is 66.6 Å². The number of hydrogen-bond donors (Lipinski definition) is 2. The molecule has 0 atom stereocenters. The van der Waals surface area contributed by atoms with Gasteiger partial charge in [0.25, 0.3) is 0 Å². The normalized spacial score (nSPS) is 11.4. The van der Waals surface area contributed by atoms with E-state index >= 15 is 0 Å². The van der Waals surface area contributed by atoms with Crippen LogP contribution in [0.1, 0.15) is 11.1 Å². The highest BCUT2D eigenvalue weighted by Crippen LogP contribution is 2.34. The van der Waals surface area contributed by atoms with Gasteiger partial charge in [-0.2, -0.15) is 13.2 Å². The summed E-state index contributed by atoms with van der Waals surface area (Å²) >= 11 is 0. The van der Waals surface area contributed by atoms with Crippen molar-refractivity contribution in [2.45, 2.75) is 12.8 Å². The Balaban J connectivity index is 3.14. The molecule has 18 heavy (non-hydrogen) atoms. The molecule has 0 heterocycles. The predicted molar refractivity (Wildman–Crippen MR) is 59.8 cm³/mol. The molecule has 0 saturated heterocycles. The van der Waals surface area contributed by atoms with Crippen molar-refractivity contribution in [1.82, 2.24) is 0 Å². The molecule has 0 aliphatic heterocycles. The first-order valence-corrected chi connectivity index (χ1v) is 5.06. The van der Waals surface area contributed by atoms with Crippen molar-refractivity contribution in [3.05, 3.63) is 29.3 Å². The number of aliphatic hydroxyl groups is 1. The fourth-order valence-corrected chi connectivity index (χ4v) is 1.53. The summed E-state index contributed by atoms with van der Waals surface area (Å²) in [5.74, 6) is -0.641. The van der Waals surface area contributed by atoms with Crippen LogP contribution in [0.15, 0.2) is 18.2 Å². The van der Waals surface area contributed by atoms with E-state index in [2.05, 4.69) is 0 Å². The van der Waals surface area contributed by atoms with E-state index in [1.54, 1.807) is 0 Å². The highest BCUT2D eigenvalue weighted by molar-refractivity contribution is 5.79. The molecule has 4 nitrogen and oxygen atoms in total. The van der Waals surface area contributed by atoms with Crippen molar-refractivity contribution in [3.8, 4) is 0 Å². The van der Waals surface area contributed by atoms with E-state index in [0.29, 0.717) is 0 Å². The number of anilines is 1. The SMILES string of the molecule is CN(CC(N)=O)c1ccc(CO)c(C(F)(F)F)c1. The van der Waals surface area contributed by atoms with Gasteiger partial charge in [0.2, 0.25) is 5.91 Å². The van der Waals surface area contributed by atoms with Gasteiger partial charge in [0, 0.05) is 12.7 Å². The third-order valence-corrected chi connectivity index (χ3v) is 2.40. The molecule has 0 spiro atoms. The number of carbonyl (C=O) groups excluding carboxylic acids is 1. The summed E-state index contributed by atoms with van der Waals surface area (Å²) in [5.41, 5.74) is 4.05. The van der Waals surface area contributed by atoms with Crippen molar-refractivity contribution in [2.24, 2.45) is 5.73 Å². The summed E-state index contributed by atoms with van der Waals surface area (Å²) in [4.78, 5) is 12.0. The average molecular weight is 262 g/mol. The molecule has 0 aliphatic rings. The van der Waals surface area contributed by atoms with E-state index in [1.165, 1.54) is 24.1 Å². The van der Waals surface area contributed by atoms with Crippen molar-refractivity contribution in [1.29, 1.82) is 0 Å². The second-order valence-electron chi connectivity index (χ2n) is 3.82. The number of likely N-dealkylation sites (N-methyl/N-ethyl adjacent to an activating group) is 1. The molecule has 0 radical (unpaired) electrons.